The fourth-order valence-corrected chi connectivity index (χ4v) is 2.42. The van der Waals surface area contributed by atoms with Gasteiger partial charge in [-0.3, -0.25) is 4.98 Å². The minimum atomic E-state index is 0.216. The molecule has 1 unspecified atom stereocenters. The van der Waals surface area contributed by atoms with Gasteiger partial charge in [-0.25, -0.2) is 0 Å². The summed E-state index contributed by atoms with van der Waals surface area (Å²) in [7, 11) is 0. The molecule has 1 aromatic carbocycles. The van der Waals surface area contributed by atoms with Crippen molar-refractivity contribution in [1.82, 2.24) is 4.98 Å². The lowest BCUT2D eigenvalue weighted by atomic mass is 9.85. The Balaban J connectivity index is 2.26. The van der Waals surface area contributed by atoms with Crippen molar-refractivity contribution in [2.24, 2.45) is 0 Å². The highest BCUT2D eigenvalue weighted by Gasteiger charge is 2.14. The molecule has 0 aliphatic heterocycles. The number of rotatable bonds is 3. The molecule has 0 N–H and O–H groups in total. The molecule has 0 amide bonds. The highest BCUT2D eigenvalue weighted by atomic mass is 14.7. The lowest BCUT2D eigenvalue weighted by molar-refractivity contribution is 0.590. The van der Waals surface area contributed by atoms with E-state index < -0.39 is 0 Å². The SMILES string of the molecule is CCc1cc(C(C)c2ccc(C(C)(C)C)cc2)ccn1. The highest BCUT2D eigenvalue weighted by molar-refractivity contribution is 5.35. The Morgan fingerprint density at radius 3 is 2.20 bits per heavy atom. The molecular formula is C19H25N. The minimum Gasteiger partial charge on any atom is -0.261 e. The van der Waals surface area contributed by atoms with Crippen LogP contribution in [0.4, 0.5) is 0 Å². The Kier molecular flexibility index (Phi) is 4.27. The first-order valence-electron chi connectivity index (χ1n) is 7.47. The van der Waals surface area contributed by atoms with E-state index in [1.807, 2.05) is 6.20 Å². The van der Waals surface area contributed by atoms with Gasteiger partial charge >= 0.3 is 0 Å². The van der Waals surface area contributed by atoms with Crippen LogP contribution in [-0.4, -0.2) is 4.98 Å². The predicted molar refractivity (Wildman–Crippen MR) is 86.3 cm³/mol. The van der Waals surface area contributed by atoms with Crippen LogP contribution in [0.3, 0.4) is 0 Å². The van der Waals surface area contributed by atoms with E-state index in [0.29, 0.717) is 5.92 Å². The number of hydrogen-bond acceptors (Lipinski definition) is 1. The second-order valence-corrected chi connectivity index (χ2v) is 6.53. The number of aryl methyl sites for hydroxylation is 1. The molecule has 1 heterocycles. The lowest BCUT2D eigenvalue weighted by Crippen LogP contribution is -2.11. The molecule has 106 valence electrons. The van der Waals surface area contributed by atoms with Crippen molar-refractivity contribution < 1.29 is 0 Å². The maximum absolute atomic E-state index is 4.38. The molecule has 1 nitrogen and oxygen atoms in total. The molecule has 0 fully saturated rings. The quantitative estimate of drug-likeness (QED) is 0.754. The van der Waals surface area contributed by atoms with Crippen LogP contribution in [0.1, 0.15) is 62.9 Å². The zero-order chi connectivity index (χ0) is 14.8. The van der Waals surface area contributed by atoms with Crippen LogP contribution in [0.25, 0.3) is 0 Å². The van der Waals surface area contributed by atoms with Gasteiger partial charge in [0.05, 0.1) is 0 Å². The van der Waals surface area contributed by atoms with Crippen LogP contribution in [0.15, 0.2) is 42.6 Å². The molecule has 0 radical (unpaired) electrons. The van der Waals surface area contributed by atoms with Gasteiger partial charge in [0.1, 0.15) is 0 Å². The second-order valence-electron chi connectivity index (χ2n) is 6.53. The summed E-state index contributed by atoms with van der Waals surface area (Å²) >= 11 is 0. The summed E-state index contributed by atoms with van der Waals surface area (Å²) in [5, 5.41) is 0. The second kappa shape index (κ2) is 5.78. The van der Waals surface area contributed by atoms with E-state index in [9.17, 15) is 0 Å². The maximum atomic E-state index is 4.38. The van der Waals surface area contributed by atoms with Gasteiger partial charge in [-0.1, -0.05) is 58.9 Å². The molecule has 0 aliphatic rings. The predicted octanol–water partition coefficient (Wildman–Crippen LogP) is 5.09. The van der Waals surface area contributed by atoms with E-state index in [-0.39, 0.29) is 5.41 Å². The summed E-state index contributed by atoms with van der Waals surface area (Å²) < 4.78 is 0. The first kappa shape index (κ1) is 14.8. The minimum absolute atomic E-state index is 0.216. The maximum Gasteiger partial charge on any atom is 0.0403 e. The number of benzene rings is 1. The molecule has 0 saturated carbocycles. The molecule has 0 spiro atoms. The molecule has 0 aliphatic carbocycles. The van der Waals surface area contributed by atoms with Crippen molar-refractivity contribution in [3.63, 3.8) is 0 Å². The van der Waals surface area contributed by atoms with Crippen molar-refractivity contribution in [2.75, 3.05) is 0 Å². The van der Waals surface area contributed by atoms with Crippen LogP contribution in [0, 0.1) is 0 Å². The van der Waals surface area contributed by atoms with Crippen molar-refractivity contribution in [3.05, 3.63) is 65.0 Å². The Morgan fingerprint density at radius 1 is 1.00 bits per heavy atom. The molecule has 1 heteroatoms. The van der Waals surface area contributed by atoms with Gasteiger partial charge in [0.15, 0.2) is 0 Å². The van der Waals surface area contributed by atoms with Crippen molar-refractivity contribution in [3.8, 4) is 0 Å². The van der Waals surface area contributed by atoms with E-state index in [2.05, 4.69) is 76.0 Å². The summed E-state index contributed by atoms with van der Waals surface area (Å²) in [6.07, 6.45) is 2.91. The Morgan fingerprint density at radius 2 is 1.65 bits per heavy atom. The van der Waals surface area contributed by atoms with E-state index in [1.165, 1.54) is 22.4 Å². The smallest absolute Gasteiger partial charge is 0.0403 e. The summed E-state index contributed by atoms with van der Waals surface area (Å²) in [5.74, 6) is 0.414. The molecule has 1 aromatic heterocycles. The van der Waals surface area contributed by atoms with E-state index in [0.717, 1.165) is 6.42 Å². The zero-order valence-corrected chi connectivity index (χ0v) is 13.3. The Hall–Kier alpha value is -1.63. The zero-order valence-electron chi connectivity index (χ0n) is 13.3. The monoisotopic (exact) mass is 267 g/mol. The largest absolute Gasteiger partial charge is 0.261 e. The summed E-state index contributed by atoms with van der Waals surface area (Å²) in [5.41, 5.74) is 5.48. The van der Waals surface area contributed by atoms with Crippen molar-refractivity contribution in [2.45, 2.75) is 52.4 Å². The number of nitrogens with zero attached hydrogens (tertiary/aromatic N) is 1. The van der Waals surface area contributed by atoms with Crippen LogP contribution < -0.4 is 0 Å². The van der Waals surface area contributed by atoms with Crippen LogP contribution in [-0.2, 0) is 11.8 Å². The van der Waals surface area contributed by atoms with Gasteiger partial charge in [-0.15, -0.1) is 0 Å². The summed E-state index contributed by atoms with van der Waals surface area (Å²) in [4.78, 5) is 4.38. The lowest BCUT2D eigenvalue weighted by Gasteiger charge is -2.20. The first-order chi connectivity index (χ1) is 9.41. The van der Waals surface area contributed by atoms with Gasteiger partial charge in [0.25, 0.3) is 0 Å². The third-order valence-electron chi connectivity index (χ3n) is 3.98. The summed E-state index contributed by atoms with van der Waals surface area (Å²) in [6.45, 7) is 11.2. The van der Waals surface area contributed by atoms with E-state index in [1.54, 1.807) is 0 Å². The highest BCUT2D eigenvalue weighted by Crippen LogP contribution is 2.28. The van der Waals surface area contributed by atoms with Gasteiger partial charge in [-0.2, -0.15) is 0 Å². The fraction of sp³-hybridized carbons (Fsp3) is 0.421. The molecular weight excluding hydrogens is 242 g/mol. The average Bonchev–Trinajstić information content (AvgIpc) is 2.46. The van der Waals surface area contributed by atoms with Gasteiger partial charge in [-0.05, 0) is 40.7 Å². The van der Waals surface area contributed by atoms with Crippen LogP contribution in [0.5, 0.6) is 0 Å². The third-order valence-corrected chi connectivity index (χ3v) is 3.98. The Labute approximate surface area is 123 Å². The molecule has 2 aromatic rings. The average molecular weight is 267 g/mol. The Bertz CT molecular complexity index is 561. The van der Waals surface area contributed by atoms with E-state index >= 15 is 0 Å². The molecule has 0 bridgehead atoms. The summed E-state index contributed by atoms with van der Waals surface area (Å²) in [6, 6.07) is 13.4. The van der Waals surface area contributed by atoms with Crippen LogP contribution in [0.2, 0.25) is 0 Å². The fourth-order valence-electron chi connectivity index (χ4n) is 2.42. The molecule has 0 saturated heterocycles. The van der Waals surface area contributed by atoms with Gasteiger partial charge in [0, 0.05) is 17.8 Å². The van der Waals surface area contributed by atoms with E-state index in [4.69, 9.17) is 0 Å². The number of aromatic nitrogens is 1. The topological polar surface area (TPSA) is 12.9 Å². The van der Waals surface area contributed by atoms with Crippen molar-refractivity contribution >= 4 is 0 Å². The molecule has 1 atom stereocenters. The standard InChI is InChI=1S/C19H25N/c1-6-18-13-16(11-12-20-18)14(2)15-7-9-17(10-8-15)19(3,4)5/h7-14H,6H2,1-5H3. The first-order valence-corrected chi connectivity index (χ1v) is 7.47. The molecule has 20 heavy (non-hydrogen) atoms. The van der Waals surface area contributed by atoms with Gasteiger partial charge in [0.2, 0.25) is 0 Å². The molecule has 2 rings (SSSR count). The van der Waals surface area contributed by atoms with Crippen LogP contribution >= 0.6 is 0 Å². The third kappa shape index (κ3) is 3.27. The normalized spacial score (nSPS) is 13.2. The number of hydrogen-bond donors (Lipinski definition) is 0. The number of pyridine rings is 1. The van der Waals surface area contributed by atoms with Gasteiger partial charge < -0.3 is 0 Å². The van der Waals surface area contributed by atoms with Crippen molar-refractivity contribution in [1.29, 1.82) is 0 Å².